The van der Waals surface area contributed by atoms with Gasteiger partial charge in [-0.05, 0) is 30.0 Å². The minimum atomic E-state index is 0.396. The van der Waals surface area contributed by atoms with Gasteiger partial charge in [0.05, 0.1) is 0 Å². The van der Waals surface area contributed by atoms with Crippen molar-refractivity contribution in [2.24, 2.45) is 5.41 Å². The van der Waals surface area contributed by atoms with Gasteiger partial charge in [-0.15, -0.1) is 0 Å². The molecule has 2 heteroatoms. The second-order valence-electron chi connectivity index (χ2n) is 5.08. The molecule has 0 spiro atoms. The van der Waals surface area contributed by atoms with Crippen molar-refractivity contribution in [1.29, 1.82) is 0 Å². The summed E-state index contributed by atoms with van der Waals surface area (Å²) in [5, 5.41) is 4.26. The number of hydrogen-bond donors (Lipinski definition) is 1. The third-order valence-electron chi connectivity index (χ3n) is 2.33. The van der Waals surface area contributed by atoms with E-state index in [1.54, 1.807) is 0 Å². The third kappa shape index (κ3) is 5.19. The summed E-state index contributed by atoms with van der Waals surface area (Å²) in [6.45, 7) is 8.66. The lowest BCUT2D eigenvalue weighted by atomic mass is 9.92. The van der Waals surface area contributed by atoms with Crippen LogP contribution in [0, 0.1) is 5.41 Å². The molecule has 1 rings (SSSR count). The zero-order valence-electron chi connectivity index (χ0n) is 9.81. The molecule has 0 bridgehead atoms. The summed E-state index contributed by atoms with van der Waals surface area (Å²) >= 11 is 6.05. The van der Waals surface area contributed by atoms with Gasteiger partial charge in [-0.1, -0.05) is 50.6 Å². The van der Waals surface area contributed by atoms with E-state index in [0.717, 1.165) is 18.1 Å². The van der Waals surface area contributed by atoms with Crippen molar-refractivity contribution >= 4 is 11.6 Å². The summed E-state index contributed by atoms with van der Waals surface area (Å²) in [4.78, 5) is 0. The standard InChI is InChI=1S/C13H20ClN/c1-13(2,3)8-9-15-10-11-6-4-5-7-12(11)14/h4-7,15H,8-10H2,1-3H3. The van der Waals surface area contributed by atoms with Crippen LogP contribution >= 0.6 is 11.6 Å². The summed E-state index contributed by atoms with van der Waals surface area (Å²) in [5.41, 5.74) is 1.57. The second kappa shape index (κ2) is 5.53. The summed E-state index contributed by atoms with van der Waals surface area (Å²) in [5.74, 6) is 0. The molecular formula is C13H20ClN. The van der Waals surface area contributed by atoms with Crippen molar-refractivity contribution in [3.63, 3.8) is 0 Å². The Bertz CT molecular complexity index is 302. The fourth-order valence-electron chi connectivity index (χ4n) is 1.33. The van der Waals surface area contributed by atoms with Crippen molar-refractivity contribution in [3.05, 3.63) is 34.9 Å². The summed E-state index contributed by atoms with van der Waals surface area (Å²) in [7, 11) is 0. The molecule has 0 radical (unpaired) electrons. The molecule has 84 valence electrons. The fourth-order valence-corrected chi connectivity index (χ4v) is 1.53. The molecule has 0 saturated heterocycles. The molecule has 0 atom stereocenters. The Morgan fingerprint density at radius 3 is 2.47 bits per heavy atom. The summed E-state index contributed by atoms with van der Waals surface area (Å²) < 4.78 is 0. The van der Waals surface area contributed by atoms with E-state index < -0.39 is 0 Å². The predicted octanol–water partition coefficient (Wildman–Crippen LogP) is 3.87. The largest absolute Gasteiger partial charge is 0.313 e. The van der Waals surface area contributed by atoms with Crippen LogP contribution in [0.2, 0.25) is 5.02 Å². The first-order valence-corrected chi connectivity index (χ1v) is 5.81. The number of nitrogens with one attached hydrogen (secondary N) is 1. The van der Waals surface area contributed by atoms with E-state index >= 15 is 0 Å². The average Bonchev–Trinajstić information content (AvgIpc) is 2.13. The SMILES string of the molecule is CC(C)(C)CCNCc1ccccc1Cl. The number of hydrogen-bond acceptors (Lipinski definition) is 1. The molecular weight excluding hydrogens is 206 g/mol. The predicted molar refractivity (Wildman–Crippen MR) is 67.2 cm³/mol. The van der Waals surface area contributed by atoms with Gasteiger partial charge in [-0.3, -0.25) is 0 Å². The first kappa shape index (κ1) is 12.5. The first-order valence-electron chi connectivity index (χ1n) is 5.43. The highest BCUT2D eigenvalue weighted by Crippen LogP contribution is 2.18. The lowest BCUT2D eigenvalue weighted by Crippen LogP contribution is -2.20. The zero-order chi connectivity index (χ0) is 11.3. The highest BCUT2D eigenvalue weighted by molar-refractivity contribution is 6.31. The van der Waals surface area contributed by atoms with Crippen LogP contribution in [0.3, 0.4) is 0 Å². The van der Waals surface area contributed by atoms with E-state index in [2.05, 4.69) is 32.2 Å². The van der Waals surface area contributed by atoms with E-state index in [1.807, 2.05) is 18.2 Å². The van der Waals surface area contributed by atoms with Crippen molar-refractivity contribution in [3.8, 4) is 0 Å². The minimum absolute atomic E-state index is 0.396. The van der Waals surface area contributed by atoms with Crippen LogP contribution in [0.5, 0.6) is 0 Å². The minimum Gasteiger partial charge on any atom is -0.313 e. The van der Waals surface area contributed by atoms with Crippen molar-refractivity contribution in [1.82, 2.24) is 5.32 Å². The van der Waals surface area contributed by atoms with Gasteiger partial charge in [0.2, 0.25) is 0 Å². The number of rotatable bonds is 4. The zero-order valence-corrected chi connectivity index (χ0v) is 10.6. The van der Waals surface area contributed by atoms with E-state index in [-0.39, 0.29) is 0 Å². The molecule has 0 aliphatic heterocycles. The van der Waals surface area contributed by atoms with Gasteiger partial charge in [-0.2, -0.15) is 0 Å². The molecule has 15 heavy (non-hydrogen) atoms. The molecule has 0 unspecified atom stereocenters. The Kier molecular flexibility index (Phi) is 4.62. The maximum absolute atomic E-state index is 6.05. The van der Waals surface area contributed by atoms with Crippen LogP contribution in [-0.4, -0.2) is 6.54 Å². The van der Waals surface area contributed by atoms with Crippen molar-refractivity contribution in [2.75, 3.05) is 6.54 Å². The molecule has 0 aliphatic rings. The topological polar surface area (TPSA) is 12.0 Å². The molecule has 0 aromatic heterocycles. The van der Waals surface area contributed by atoms with Crippen molar-refractivity contribution in [2.45, 2.75) is 33.7 Å². The lowest BCUT2D eigenvalue weighted by Gasteiger charge is -2.18. The van der Waals surface area contributed by atoms with Crippen molar-refractivity contribution < 1.29 is 0 Å². The van der Waals surface area contributed by atoms with Crippen LogP contribution in [0.15, 0.2) is 24.3 Å². The van der Waals surface area contributed by atoms with Gasteiger partial charge in [0.25, 0.3) is 0 Å². The van der Waals surface area contributed by atoms with Crippen LogP contribution in [0.25, 0.3) is 0 Å². The van der Waals surface area contributed by atoms with Gasteiger partial charge in [0.1, 0.15) is 0 Å². The molecule has 1 aromatic rings. The highest BCUT2D eigenvalue weighted by atomic mass is 35.5. The Labute approximate surface area is 97.8 Å². The maximum Gasteiger partial charge on any atom is 0.0450 e. The molecule has 0 aliphatic carbocycles. The smallest absolute Gasteiger partial charge is 0.0450 e. The Hall–Kier alpha value is -0.530. The van der Waals surface area contributed by atoms with Crippen LogP contribution < -0.4 is 5.32 Å². The molecule has 0 fully saturated rings. The van der Waals surface area contributed by atoms with Crippen LogP contribution in [0.4, 0.5) is 0 Å². The molecule has 0 heterocycles. The van der Waals surface area contributed by atoms with Gasteiger partial charge >= 0.3 is 0 Å². The molecule has 1 nitrogen and oxygen atoms in total. The quantitative estimate of drug-likeness (QED) is 0.768. The Morgan fingerprint density at radius 1 is 1.20 bits per heavy atom. The number of benzene rings is 1. The fraction of sp³-hybridized carbons (Fsp3) is 0.538. The van der Waals surface area contributed by atoms with Crippen LogP contribution in [0.1, 0.15) is 32.8 Å². The molecule has 1 N–H and O–H groups in total. The monoisotopic (exact) mass is 225 g/mol. The number of halogens is 1. The maximum atomic E-state index is 6.05. The average molecular weight is 226 g/mol. The van der Waals surface area contributed by atoms with Gasteiger partial charge in [0, 0.05) is 11.6 Å². The van der Waals surface area contributed by atoms with E-state index in [1.165, 1.54) is 12.0 Å². The molecule has 0 amide bonds. The summed E-state index contributed by atoms with van der Waals surface area (Å²) in [6.07, 6.45) is 1.18. The van der Waals surface area contributed by atoms with E-state index in [4.69, 9.17) is 11.6 Å². The third-order valence-corrected chi connectivity index (χ3v) is 2.69. The first-order chi connectivity index (χ1) is 6.99. The Morgan fingerprint density at radius 2 is 1.87 bits per heavy atom. The van der Waals surface area contributed by atoms with Crippen LogP contribution in [-0.2, 0) is 6.54 Å². The van der Waals surface area contributed by atoms with Gasteiger partial charge in [-0.25, -0.2) is 0 Å². The lowest BCUT2D eigenvalue weighted by molar-refractivity contribution is 0.366. The van der Waals surface area contributed by atoms with E-state index in [0.29, 0.717) is 5.41 Å². The normalized spacial score (nSPS) is 11.7. The molecule has 1 aromatic carbocycles. The highest BCUT2D eigenvalue weighted by Gasteiger charge is 2.08. The van der Waals surface area contributed by atoms with Gasteiger partial charge in [0.15, 0.2) is 0 Å². The Balaban J connectivity index is 2.30. The molecule has 0 saturated carbocycles. The van der Waals surface area contributed by atoms with Gasteiger partial charge < -0.3 is 5.32 Å². The summed E-state index contributed by atoms with van der Waals surface area (Å²) in [6, 6.07) is 7.97. The van der Waals surface area contributed by atoms with E-state index in [9.17, 15) is 0 Å². The second-order valence-corrected chi connectivity index (χ2v) is 5.49.